The van der Waals surface area contributed by atoms with Gasteiger partial charge in [-0.05, 0) is 0 Å². The van der Waals surface area contributed by atoms with E-state index in [-0.39, 0.29) is 36.7 Å². The first kappa shape index (κ1) is 13.2. The van der Waals surface area contributed by atoms with Gasteiger partial charge in [-0.15, -0.1) is 0 Å². The van der Waals surface area contributed by atoms with Crippen LogP contribution < -0.4 is 11.5 Å². The minimum atomic E-state index is -0.779. The molecule has 0 saturated carbocycles. The van der Waals surface area contributed by atoms with Gasteiger partial charge in [0, 0.05) is 18.7 Å². The molecular weight excluding hydrogens is 258 g/mol. The number of fused-ring (bicyclic) bond motifs is 1. The molecule has 8 heteroatoms. The highest BCUT2D eigenvalue weighted by Gasteiger charge is 2.13. The van der Waals surface area contributed by atoms with E-state index in [2.05, 4.69) is 4.98 Å². The number of carbonyl (C=O) groups excluding carboxylic acids is 1. The summed E-state index contributed by atoms with van der Waals surface area (Å²) >= 11 is 0. The quantitative estimate of drug-likeness (QED) is 0.768. The van der Waals surface area contributed by atoms with Crippen LogP contribution in [0.4, 0.5) is 14.7 Å². The van der Waals surface area contributed by atoms with E-state index < -0.39 is 17.5 Å². The molecular formula is C11H12F2N4O2. The van der Waals surface area contributed by atoms with Crippen molar-refractivity contribution in [1.82, 2.24) is 9.55 Å². The van der Waals surface area contributed by atoms with Gasteiger partial charge >= 0.3 is 0 Å². The Bertz CT molecular complexity index is 627. The number of ether oxygens (including phenoxy) is 1. The summed E-state index contributed by atoms with van der Waals surface area (Å²) in [6.45, 7) is 0.102. The SMILES string of the molecule is NC(=O)COCCn1c(N)nc2c(F)cc(F)cc21. The summed E-state index contributed by atoms with van der Waals surface area (Å²) in [7, 11) is 0. The Balaban J connectivity index is 2.22. The largest absolute Gasteiger partial charge is 0.370 e. The highest BCUT2D eigenvalue weighted by atomic mass is 19.1. The van der Waals surface area contributed by atoms with Crippen molar-refractivity contribution in [1.29, 1.82) is 0 Å². The van der Waals surface area contributed by atoms with Gasteiger partial charge in [0.25, 0.3) is 0 Å². The van der Waals surface area contributed by atoms with Crippen LogP contribution >= 0.6 is 0 Å². The minimum absolute atomic E-state index is 0.00574. The summed E-state index contributed by atoms with van der Waals surface area (Å²) < 4.78 is 33.0. The van der Waals surface area contributed by atoms with Crippen molar-refractivity contribution >= 4 is 22.9 Å². The molecule has 0 atom stereocenters. The average Bonchev–Trinajstić information content (AvgIpc) is 2.62. The molecule has 0 unspecified atom stereocenters. The number of rotatable bonds is 5. The topological polar surface area (TPSA) is 96.2 Å². The number of amides is 1. The smallest absolute Gasteiger partial charge is 0.243 e. The van der Waals surface area contributed by atoms with E-state index in [0.717, 1.165) is 12.1 Å². The van der Waals surface area contributed by atoms with Crippen LogP contribution in [0, 0.1) is 11.6 Å². The van der Waals surface area contributed by atoms with Crippen LogP contribution in [0.3, 0.4) is 0 Å². The van der Waals surface area contributed by atoms with Crippen LogP contribution in [0.5, 0.6) is 0 Å². The third-order valence-corrected chi connectivity index (χ3v) is 2.51. The van der Waals surface area contributed by atoms with E-state index in [1.165, 1.54) is 4.57 Å². The third kappa shape index (κ3) is 2.79. The first-order chi connectivity index (χ1) is 8.99. The van der Waals surface area contributed by atoms with E-state index >= 15 is 0 Å². The molecule has 1 amide bonds. The number of carbonyl (C=O) groups is 1. The van der Waals surface area contributed by atoms with Gasteiger partial charge in [-0.2, -0.15) is 0 Å². The Kier molecular flexibility index (Phi) is 3.61. The summed E-state index contributed by atoms with van der Waals surface area (Å²) in [6, 6.07) is 1.87. The summed E-state index contributed by atoms with van der Waals surface area (Å²) in [4.78, 5) is 14.3. The lowest BCUT2D eigenvalue weighted by Crippen LogP contribution is -2.20. The normalized spacial score (nSPS) is 11.1. The summed E-state index contributed by atoms with van der Waals surface area (Å²) in [5.41, 5.74) is 10.8. The standard InChI is InChI=1S/C11H12F2N4O2/c12-6-3-7(13)10-8(4-6)17(11(15)16-10)1-2-19-5-9(14)18/h3-4H,1-2,5H2,(H2,14,18)(H2,15,16). The summed E-state index contributed by atoms with van der Waals surface area (Å²) in [6.07, 6.45) is 0. The highest BCUT2D eigenvalue weighted by molar-refractivity contribution is 5.79. The van der Waals surface area contributed by atoms with E-state index in [1.807, 2.05) is 0 Å². The first-order valence-corrected chi connectivity index (χ1v) is 5.46. The highest BCUT2D eigenvalue weighted by Crippen LogP contribution is 2.21. The Morgan fingerprint density at radius 1 is 1.42 bits per heavy atom. The molecule has 0 aliphatic rings. The number of hydrogen-bond acceptors (Lipinski definition) is 4. The summed E-state index contributed by atoms with van der Waals surface area (Å²) in [5, 5.41) is 0. The molecule has 1 heterocycles. The Labute approximate surface area is 106 Å². The number of benzene rings is 1. The van der Waals surface area contributed by atoms with Gasteiger partial charge in [0.05, 0.1) is 12.1 Å². The van der Waals surface area contributed by atoms with E-state index in [1.54, 1.807) is 0 Å². The maximum atomic E-state index is 13.5. The maximum Gasteiger partial charge on any atom is 0.243 e. The number of aromatic nitrogens is 2. The van der Waals surface area contributed by atoms with Gasteiger partial charge in [0.15, 0.2) is 5.82 Å². The van der Waals surface area contributed by atoms with Gasteiger partial charge in [-0.3, -0.25) is 4.79 Å². The number of imidazole rings is 1. The lowest BCUT2D eigenvalue weighted by Gasteiger charge is -2.06. The molecule has 0 saturated heterocycles. The number of nitrogens with two attached hydrogens (primary N) is 2. The van der Waals surface area contributed by atoms with Gasteiger partial charge in [-0.25, -0.2) is 13.8 Å². The molecule has 0 aliphatic carbocycles. The second-order valence-electron chi connectivity index (χ2n) is 3.90. The summed E-state index contributed by atoms with van der Waals surface area (Å²) in [5.74, 6) is -2.05. The molecule has 0 fully saturated rings. The van der Waals surface area contributed by atoms with E-state index in [0.29, 0.717) is 0 Å². The lowest BCUT2D eigenvalue weighted by molar-refractivity contribution is -0.122. The van der Waals surface area contributed by atoms with E-state index in [9.17, 15) is 13.6 Å². The molecule has 0 bridgehead atoms. The van der Waals surface area contributed by atoms with Gasteiger partial charge in [0.1, 0.15) is 17.9 Å². The van der Waals surface area contributed by atoms with Crippen LogP contribution in [-0.2, 0) is 16.1 Å². The number of anilines is 1. The van der Waals surface area contributed by atoms with Crippen LogP contribution in [0.15, 0.2) is 12.1 Å². The molecule has 0 radical (unpaired) electrons. The van der Waals surface area contributed by atoms with Crippen LogP contribution in [0.25, 0.3) is 11.0 Å². The second-order valence-corrected chi connectivity index (χ2v) is 3.90. The number of nitrogen functional groups attached to an aromatic ring is 1. The number of halogens is 2. The van der Waals surface area contributed by atoms with Crippen LogP contribution in [0.2, 0.25) is 0 Å². The second kappa shape index (κ2) is 5.19. The average molecular weight is 270 g/mol. The molecule has 2 aromatic rings. The lowest BCUT2D eigenvalue weighted by atomic mass is 10.3. The zero-order valence-corrected chi connectivity index (χ0v) is 9.90. The third-order valence-electron chi connectivity index (χ3n) is 2.51. The zero-order valence-electron chi connectivity index (χ0n) is 9.90. The number of primary amides is 1. The van der Waals surface area contributed by atoms with Crippen molar-refractivity contribution in [2.45, 2.75) is 6.54 Å². The van der Waals surface area contributed by atoms with E-state index in [4.69, 9.17) is 16.2 Å². The molecule has 1 aromatic carbocycles. The molecule has 0 spiro atoms. The van der Waals surface area contributed by atoms with Crippen molar-refractivity contribution in [3.05, 3.63) is 23.8 Å². The van der Waals surface area contributed by atoms with Crippen molar-refractivity contribution in [3.63, 3.8) is 0 Å². The monoisotopic (exact) mass is 270 g/mol. The van der Waals surface area contributed by atoms with Crippen LogP contribution in [0.1, 0.15) is 0 Å². The molecule has 102 valence electrons. The van der Waals surface area contributed by atoms with Crippen molar-refractivity contribution in [3.8, 4) is 0 Å². The molecule has 0 aliphatic heterocycles. The van der Waals surface area contributed by atoms with Gasteiger partial charge in [-0.1, -0.05) is 0 Å². The van der Waals surface area contributed by atoms with Crippen molar-refractivity contribution in [2.24, 2.45) is 5.73 Å². The molecule has 2 rings (SSSR count). The zero-order chi connectivity index (χ0) is 14.0. The molecule has 19 heavy (non-hydrogen) atoms. The Morgan fingerprint density at radius 3 is 2.84 bits per heavy atom. The Morgan fingerprint density at radius 2 is 2.16 bits per heavy atom. The molecule has 6 nitrogen and oxygen atoms in total. The predicted octanol–water partition coefficient (Wildman–Crippen LogP) is 0.399. The van der Waals surface area contributed by atoms with Crippen LogP contribution in [-0.4, -0.2) is 28.7 Å². The van der Waals surface area contributed by atoms with Gasteiger partial charge < -0.3 is 20.8 Å². The van der Waals surface area contributed by atoms with Crippen molar-refractivity contribution < 1.29 is 18.3 Å². The molecule has 4 N–H and O–H groups in total. The maximum absolute atomic E-state index is 13.5. The number of nitrogens with zero attached hydrogens (tertiary/aromatic N) is 2. The molecule has 1 aromatic heterocycles. The minimum Gasteiger partial charge on any atom is -0.370 e. The Hall–Kier alpha value is -2.22. The van der Waals surface area contributed by atoms with Gasteiger partial charge in [0.2, 0.25) is 11.9 Å². The number of hydrogen-bond donors (Lipinski definition) is 2. The predicted molar refractivity (Wildman–Crippen MR) is 64.1 cm³/mol. The fraction of sp³-hybridized carbons (Fsp3) is 0.273. The first-order valence-electron chi connectivity index (χ1n) is 5.46. The fourth-order valence-electron chi connectivity index (χ4n) is 1.73. The van der Waals surface area contributed by atoms with Crippen molar-refractivity contribution in [2.75, 3.05) is 18.9 Å². The fourth-order valence-corrected chi connectivity index (χ4v) is 1.73.